The van der Waals surface area contributed by atoms with Crippen molar-refractivity contribution in [2.45, 2.75) is 26.8 Å². The molecular formula is C20H23NO4. The van der Waals surface area contributed by atoms with Crippen LogP contribution >= 0.6 is 0 Å². The normalized spacial score (nSPS) is 10.5. The van der Waals surface area contributed by atoms with E-state index in [0.29, 0.717) is 24.6 Å². The van der Waals surface area contributed by atoms with Gasteiger partial charge in [0.15, 0.2) is 0 Å². The number of amides is 1. The average molecular weight is 341 g/mol. The molecule has 0 spiro atoms. The molecule has 2 aromatic rings. The Hall–Kier alpha value is -2.82. The molecule has 2 aromatic carbocycles. The Morgan fingerprint density at radius 1 is 1.04 bits per heavy atom. The van der Waals surface area contributed by atoms with Crippen molar-refractivity contribution in [2.75, 3.05) is 6.61 Å². The zero-order valence-electron chi connectivity index (χ0n) is 14.5. The van der Waals surface area contributed by atoms with Crippen molar-refractivity contribution in [2.24, 2.45) is 5.92 Å². The minimum Gasteiger partial charge on any atom is -0.493 e. The molecule has 0 aliphatic rings. The third kappa shape index (κ3) is 5.64. The van der Waals surface area contributed by atoms with Gasteiger partial charge in [-0.2, -0.15) is 0 Å². The van der Waals surface area contributed by atoms with E-state index in [0.717, 1.165) is 11.3 Å². The number of benzene rings is 2. The van der Waals surface area contributed by atoms with Crippen LogP contribution in [-0.4, -0.2) is 23.6 Å². The molecule has 0 radical (unpaired) electrons. The molecule has 2 rings (SSSR count). The van der Waals surface area contributed by atoms with Crippen molar-refractivity contribution >= 4 is 11.9 Å². The summed E-state index contributed by atoms with van der Waals surface area (Å²) in [5.41, 5.74) is 1.54. The first kappa shape index (κ1) is 18.5. The van der Waals surface area contributed by atoms with E-state index in [1.807, 2.05) is 24.3 Å². The van der Waals surface area contributed by atoms with Crippen molar-refractivity contribution < 1.29 is 19.4 Å². The number of aromatic carboxylic acids is 1. The summed E-state index contributed by atoms with van der Waals surface area (Å²) in [5.74, 6) is -0.0965. The maximum atomic E-state index is 12.2. The fourth-order valence-electron chi connectivity index (χ4n) is 2.36. The average Bonchev–Trinajstić information content (AvgIpc) is 2.59. The van der Waals surface area contributed by atoms with Crippen LogP contribution in [0.5, 0.6) is 5.75 Å². The zero-order valence-corrected chi connectivity index (χ0v) is 14.5. The Bertz CT molecular complexity index is 740. The number of carbonyl (C=O) groups is 2. The van der Waals surface area contributed by atoms with Gasteiger partial charge in [-0.15, -0.1) is 0 Å². The SMILES string of the molecule is CC(C)COc1ccccc1CNC(=O)Cc1ccccc1C(=O)O. The summed E-state index contributed by atoms with van der Waals surface area (Å²) in [6, 6.07) is 14.1. The number of hydrogen-bond acceptors (Lipinski definition) is 3. The lowest BCUT2D eigenvalue weighted by Gasteiger charge is -2.14. The molecule has 0 unspecified atom stereocenters. The fraction of sp³-hybridized carbons (Fsp3) is 0.300. The van der Waals surface area contributed by atoms with E-state index < -0.39 is 5.97 Å². The van der Waals surface area contributed by atoms with E-state index in [1.165, 1.54) is 6.07 Å². The van der Waals surface area contributed by atoms with Gasteiger partial charge in [0, 0.05) is 12.1 Å². The van der Waals surface area contributed by atoms with E-state index in [-0.39, 0.29) is 17.9 Å². The van der Waals surface area contributed by atoms with Crippen LogP contribution in [0.2, 0.25) is 0 Å². The first-order chi connectivity index (χ1) is 12.0. The summed E-state index contributed by atoms with van der Waals surface area (Å²) in [5, 5.41) is 12.0. The number of para-hydroxylation sites is 1. The number of hydrogen-bond donors (Lipinski definition) is 2. The van der Waals surface area contributed by atoms with Crippen molar-refractivity contribution in [3.63, 3.8) is 0 Å². The summed E-state index contributed by atoms with van der Waals surface area (Å²) >= 11 is 0. The van der Waals surface area contributed by atoms with Gasteiger partial charge >= 0.3 is 5.97 Å². The summed E-state index contributed by atoms with van der Waals surface area (Å²) in [6.45, 7) is 5.09. The molecule has 0 fully saturated rings. The van der Waals surface area contributed by atoms with Gasteiger partial charge in [-0.25, -0.2) is 4.79 Å². The minimum absolute atomic E-state index is 0.0253. The van der Waals surface area contributed by atoms with E-state index in [4.69, 9.17) is 4.74 Å². The molecule has 5 heteroatoms. The van der Waals surface area contributed by atoms with Gasteiger partial charge in [0.1, 0.15) is 5.75 Å². The topological polar surface area (TPSA) is 75.6 Å². The second-order valence-electron chi connectivity index (χ2n) is 6.23. The molecule has 2 N–H and O–H groups in total. The van der Waals surface area contributed by atoms with Crippen LogP contribution in [0.1, 0.15) is 35.3 Å². The van der Waals surface area contributed by atoms with Crippen LogP contribution in [0, 0.1) is 5.92 Å². The lowest BCUT2D eigenvalue weighted by molar-refractivity contribution is -0.120. The van der Waals surface area contributed by atoms with Gasteiger partial charge in [-0.3, -0.25) is 4.79 Å². The smallest absolute Gasteiger partial charge is 0.335 e. The van der Waals surface area contributed by atoms with Gasteiger partial charge < -0.3 is 15.2 Å². The number of nitrogens with one attached hydrogen (secondary N) is 1. The molecule has 0 aliphatic heterocycles. The van der Waals surface area contributed by atoms with Crippen LogP contribution < -0.4 is 10.1 Å². The van der Waals surface area contributed by atoms with Gasteiger partial charge in [-0.05, 0) is 23.6 Å². The summed E-state index contributed by atoms with van der Waals surface area (Å²) in [6.07, 6.45) is 0.0253. The van der Waals surface area contributed by atoms with E-state index in [2.05, 4.69) is 19.2 Å². The van der Waals surface area contributed by atoms with Crippen LogP contribution in [0.3, 0.4) is 0 Å². The Morgan fingerprint density at radius 3 is 2.36 bits per heavy atom. The predicted octanol–water partition coefficient (Wildman–Crippen LogP) is 3.28. The van der Waals surface area contributed by atoms with Crippen LogP contribution in [0.15, 0.2) is 48.5 Å². The van der Waals surface area contributed by atoms with E-state index in [9.17, 15) is 14.7 Å². The largest absolute Gasteiger partial charge is 0.493 e. The van der Waals surface area contributed by atoms with Crippen molar-refractivity contribution in [3.05, 3.63) is 65.2 Å². The van der Waals surface area contributed by atoms with Crippen LogP contribution in [0.4, 0.5) is 0 Å². The number of carbonyl (C=O) groups excluding carboxylic acids is 1. The molecule has 25 heavy (non-hydrogen) atoms. The molecular weight excluding hydrogens is 318 g/mol. The Balaban J connectivity index is 1.98. The quantitative estimate of drug-likeness (QED) is 0.772. The van der Waals surface area contributed by atoms with Gasteiger partial charge in [-0.1, -0.05) is 50.2 Å². The first-order valence-corrected chi connectivity index (χ1v) is 8.26. The number of carboxylic acid groups (broad SMARTS) is 1. The van der Waals surface area contributed by atoms with Crippen molar-refractivity contribution in [1.82, 2.24) is 5.32 Å². The van der Waals surface area contributed by atoms with E-state index >= 15 is 0 Å². The molecule has 0 aromatic heterocycles. The minimum atomic E-state index is -1.03. The zero-order chi connectivity index (χ0) is 18.2. The summed E-state index contributed by atoms with van der Waals surface area (Å²) in [4.78, 5) is 23.4. The third-order valence-electron chi connectivity index (χ3n) is 3.62. The fourth-order valence-corrected chi connectivity index (χ4v) is 2.36. The molecule has 0 saturated carbocycles. The molecule has 1 amide bonds. The maximum Gasteiger partial charge on any atom is 0.335 e. The second kappa shape index (κ2) is 8.87. The van der Waals surface area contributed by atoms with Gasteiger partial charge in [0.25, 0.3) is 0 Å². The van der Waals surface area contributed by atoms with E-state index in [1.54, 1.807) is 18.2 Å². The first-order valence-electron chi connectivity index (χ1n) is 8.26. The van der Waals surface area contributed by atoms with Gasteiger partial charge in [0.2, 0.25) is 5.91 Å². The summed E-state index contributed by atoms with van der Waals surface area (Å²) < 4.78 is 5.77. The molecule has 0 heterocycles. The molecule has 0 atom stereocenters. The molecule has 0 aliphatic carbocycles. The van der Waals surface area contributed by atoms with Crippen LogP contribution in [0.25, 0.3) is 0 Å². The highest BCUT2D eigenvalue weighted by molar-refractivity contribution is 5.91. The Kier molecular flexibility index (Phi) is 6.57. The molecule has 132 valence electrons. The lowest BCUT2D eigenvalue weighted by Crippen LogP contribution is -2.25. The monoisotopic (exact) mass is 341 g/mol. The molecule has 0 bridgehead atoms. The molecule has 5 nitrogen and oxygen atoms in total. The maximum absolute atomic E-state index is 12.2. The Morgan fingerprint density at radius 2 is 1.68 bits per heavy atom. The van der Waals surface area contributed by atoms with Crippen molar-refractivity contribution in [1.29, 1.82) is 0 Å². The number of carboxylic acids is 1. The van der Waals surface area contributed by atoms with Crippen molar-refractivity contribution in [3.8, 4) is 5.75 Å². The highest BCUT2D eigenvalue weighted by atomic mass is 16.5. The number of ether oxygens (including phenoxy) is 1. The van der Waals surface area contributed by atoms with Crippen LogP contribution in [-0.2, 0) is 17.8 Å². The highest BCUT2D eigenvalue weighted by Crippen LogP contribution is 2.18. The van der Waals surface area contributed by atoms with Gasteiger partial charge in [0.05, 0.1) is 18.6 Å². The lowest BCUT2D eigenvalue weighted by atomic mass is 10.0. The Labute approximate surface area is 147 Å². The summed E-state index contributed by atoms with van der Waals surface area (Å²) in [7, 11) is 0. The standard InChI is InChI=1S/C20H23NO4/c1-14(2)13-25-18-10-6-4-8-16(18)12-21-19(22)11-15-7-3-5-9-17(15)20(23)24/h3-10,14H,11-13H2,1-2H3,(H,21,22)(H,23,24). The predicted molar refractivity (Wildman–Crippen MR) is 95.7 cm³/mol. The third-order valence-corrected chi connectivity index (χ3v) is 3.62. The molecule has 0 saturated heterocycles. The second-order valence-corrected chi connectivity index (χ2v) is 6.23. The highest BCUT2D eigenvalue weighted by Gasteiger charge is 2.13. The number of rotatable bonds is 8.